The van der Waals surface area contributed by atoms with E-state index in [4.69, 9.17) is 9.84 Å². The van der Waals surface area contributed by atoms with Gasteiger partial charge in [-0.1, -0.05) is 0 Å². The first-order valence-electron chi connectivity index (χ1n) is 5.84. The minimum absolute atomic E-state index is 0.180. The van der Waals surface area contributed by atoms with Gasteiger partial charge in [0.15, 0.2) is 0 Å². The Morgan fingerprint density at radius 1 is 1.50 bits per heavy atom. The third-order valence-electron chi connectivity index (χ3n) is 3.00. The average Bonchev–Trinajstić information content (AvgIpc) is 2.55. The van der Waals surface area contributed by atoms with E-state index in [2.05, 4.69) is 0 Å². The lowest BCUT2D eigenvalue weighted by atomic mass is 10.0. The lowest BCUT2D eigenvalue weighted by molar-refractivity contribution is -0.136. The Morgan fingerprint density at radius 3 is 2.83 bits per heavy atom. The van der Waals surface area contributed by atoms with Crippen LogP contribution in [0.1, 0.15) is 25.3 Å². The molecule has 96 valence electrons. The van der Waals surface area contributed by atoms with Gasteiger partial charge < -0.3 is 14.7 Å². The summed E-state index contributed by atoms with van der Waals surface area (Å²) in [5, 5.41) is 8.82. The minimum atomic E-state index is -1.02. The SMILES string of the molecule is CCOc1ccc2c(c1)C(C)C(=O)N2CC(=O)O. The van der Waals surface area contributed by atoms with Crippen LogP contribution in [0.2, 0.25) is 0 Å². The molecule has 1 amide bonds. The molecule has 1 aromatic carbocycles. The molecule has 18 heavy (non-hydrogen) atoms. The fourth-order valence-corrected chi connectivity index (χ4v) is 2.17. The van der Waals surface area contributed by atoms with E-state index in [9.17, 15) is 9.59 Å². The molecule has 1 N–H and O–H groups in total. The summed E-state index contributed by atoms with van der Waals surface area (Å²) in [5.41, 5.74) is 1.49. The van der Waals surface area contributed by atoms with E-state index in [0.29, 0.717) is 18.0 Å². The van der Waals surface area contributed by atoms with Crippen LogP contribution in [-0.2, 0) is 9.59 Å². The Morgan fingerprint density at radius 2 is 2.22 bits per heavy atom. The van der Waals surface area contributed by atoms with Crippen molar-refractivity contribution < 1.29 is 19.4 Å². The smallest absolute Gasteiger partial charge is 0.323 e. The fourth-order valence-electron chi connectivity index (χ4n) is 2.17. The van der Waals surface area contributed by atoms with Crippen LogP contribution in [0.4, 0.5) is 5.69 Å². The maximum Gasteiger partial charge on any atom is 0.323 e. The first-order chi connectivity index (χ1) is 8.54. The molecule has 0 saturated heterocycles. The highest BCUT2D eigenvalue weighted by Gasteiger charge is 2.35. The van der Waals surface area contributed by atoms with Crippen LogP contribution in [0.3, 0.4) is 0 Å². The number of carboxylic acid groups (broad SMARTS) is 1. The highest BCUT2D eigenvalue weighted by atomic mass is 16.5. The van der Waals surface area contributed by atoms with Gasteiger partial charge in [-0.05, 0) is 37.6 Å². The largest absolute Gasteiger partial charge is 0.494 e. The Bertz CT molecular complexity index is 498. The molecule has 0 radical (unpaired) electrons. The summed E-state index contributed by atoms with van der Waals surface area (Å²) >= 11 is 0. The molecule has 1 atom stereocenters. The number of ether oxygens (including phenoxy) is 1. The molecule has 0 spiro atoms. The van der Waals surface area contributed by atoms with Crippen LogP contribution in [0, 0.1) is 0 Å². The number of aliphatic carboxylic acids is 1. The van der Waals surface area contributed by atoms with Gasteiger partial charge in [0, 0.05) is 5.69 Å². The summed E-state index contributed by atoms with van der Waals surface area (Å²) in [5.74, 6) is -0.814. The second kappa shape index (κ2) is 4.68. The highest BCUT2D eigenvalue weighted by Crippen LogP contribution is 2.38. The zero-order valence-electron chi connectivity index (χ0n) is 10.3. The molecule has 1 unspecified atom stereocenters. The van der Waals surface area contributed by atoms with Crippen LogP contribution in [-0.4, -0.2) is 30.1 Å². The number of carboxylic acids is 1. The van der Waals surface area contributed by atoms with E-state index in [0.717, 1.165) is 5.56 Å². The van der Waals surface area contributed by atoms with Crippen LogP contribution in [0.5, 0.6) is 5.75 Å². The van der Waals surface area contributed by atoms with Gasteiger partial charge in [-0.2, -0.15) is 0 Å². The summed E-state index contributed by atoms with van der Waals surface area (Å²) in [7, 11) is 0. The van der Waals surface area contributed by atoms with Crippen molar-refractivity contribution in [1.29, 1.82) is 0 Å². The van der Waals surface area contributed by atoms with Crippen LogP contribution in [0.15, 0.2) is 18.2 Å². The van der Waals surface area contributed by atoms with E-state index in [1.165, 1.54) is 4.90 Å². The van der Waals surface area contributed by atoms with Crippen molar-refractivity contribution in [1.82, 2.24) is 0 Å². The number of carbonyl (C=O) groups is 2. The number of benzene rings is 1. The maximum atomic E-state index is 12.0. The predicted octanol–water partition coefficient (Wildman–Crippen LogP) is 1.62. The summed E-state index contributed by atoms with van der Waals surface area (Å²) in [6, 6.07) is 5.30. The van der Waals surface area contributed by atoms with Crippen LogP contribution in [0.25, 0.3) is 0 Å². The molecular formula is C13H15NO4. The number of carbonyl (C=O) groups excluding carboxylic acids is 1. The molecule has 1 aliphatic heterocycles. The molecule has 1 heterocycles. The molecule has 5 nitrogen and oxygen atoms in total. The van der Waals surface area contributed by atoms with E-state index in [1.54, 1.807) is 19.1 Å². The molecule has 0 bridgehead atoms. The van der Waals surface area contributed by atoms with Gasteiger partial charge in [-0.15, -0.1) is 0 Å². The van der Waals surface area contributed by atoms with Gasteiger partial charge in [-0.25, -0.2) is 0 Å². The van der Waals surface area contributed by atoms with Crippen molar-refractivity contribution in [2.24, 2.45) is 0 Å². The van der Waals surface area contributed by atoms with Crippen molar-refractivity contribution in [3.63, 3.8) is 0 Å². The number of anilines is 1. The van der Waals surface area contributed by atoms with Gasteiger partial charge in [0.25, 0.3) is 0 Å². The Balaban J connectivity index is 2.37. The van der Waals surface area contributed by atoms with E-state index in [-0.39, 0.29) is 18.4 Å². The first kappa shape index (κ1) is 12.4. The van der Waals surface area contributed by atoms with Crippen molar-refractivity contribution in [2.45, 2.75) is 19.8 Å². The highest BCUT2D eigenvalue weighted by molar-refractivity contribution is 6.07. The molecule has 0 aromatic heterocycles. The first-order valence-corrected chi connectivity index (χ1v) is 5.84. The van der Waals surface area contributed by atoms with Crippen molar-refractivity contribution in [2.75, 3.05) is 18.1 Å². The molecular weight excluding hydrogens is 234 g/mol. The summed E-state index contributed by atoms with van der Waals surface area (Å²) in [4.78, 5) is 24.1. The normalized spacial score (nSPS) is 17.8. The van der Waals surface area contributed by atoms with E-state index in [1.807, 2.05) is 13.0 Å². The molecule has 2 rings (SSSR count). The third kappa shape index (κ3) is 2.03. The monoisotopic (exact) mass is 249 g/mol. The number of hydrogen-bond acceptors (Lipinski definition) is 3. The Kier molecular flexibility index (Phi) is 3.23. The summed E-state index contributed by atoms with van der Waals surface area (Å²) in [6.07, 6.45) is 0. The minimum Gasteiger partial charge on any atom is -0.494 e. The summed E-state index contributed by atoms with van der Waals surface area (Å²) in [6.45, 7) is 3.92. The Hall–Kier alpha value is -2.04. The fraction of sp³-hybridized carbons (Fsp3) is 0.385. The lowest BCUT2D eigenvalue weighted by Crippen LogP contribution is -2.33. The van der Waals surface area contributed by atoms with Gasteiger partial charge in [0.1, 0.15) is 12.3 Å². The van der Waals surface area contributed by atoms with E-state index >= 15 is 0 Å². The quantitative estimate of drug-likeness (QED) is 0.880. The number of nitrogens with zero attached hydrogens (tertiary/aromatic N) is 1. The number of fused-ring (bicyclic) bond motifs is 1. The summed E-state index contributed by atoms with van der Waals surface area (Å²) < 4.78 is 5.38. The maximum absolute atomic E-state index is 12.0. The predicted molar refractivity (Wildman–Crippen MR) is 66.0 cm³/mol. The lowest BCUT2D eigenvalue weighted by Gasteiger charge is -2.15. The third-order valence-corrected chi connectivity index (χ3v) is 3.00. The number of hydrogen-bond donors (Lipinski definition) is 1. The zero-order valence-corrected chi connectivity index (χ0v) is 10.3. The second-order valence-corrected chi connectivity index (χ2v) is 4.19. The van der Waals surface area contributed by atoms with Crippen molar-refractivity contribution >= 4 is 17.6 Å². The number of rotatable bonds is 4. The second-order valence-electron chi connectivity index (χ2n) is 4.19. The van der Waals surface area contributed by atoms with E-state index < -0.39 is 5.97 Å². The molecule has 0 aliphatic carbocycles. The molecule has 1 aliphatic rings. The Labute approximate surface area is 105 Å². The van der Waals surface area contributed by atoms with Crippen LogP contribution >= 0.6 is 0 Å². The van der Waals surface area contributed by atoms with Gasteiger partial charge in [-0.3, -0.25) is 9.59 Å². The topological polar surface area (TPSA) is 66.8 Å². The molecule has 0 fully saturated rings. The molecule has 1 aromatic rings. The van der Waals surface area contributed by atoms with Crippen molar-refractivity contribution in [3.05, 3.63) is 23.8 Å². The standard InChI is InChI=1S/C13H15NO4/c1-3-18-9-4-5-11-10(6-9)8(2)13(17)14(11)7-12(15)16/h4-6,8H,3,7H2,1-2H3,(H,15,16). The van der Waals surface area contributed by atoms with Crippen LogP contribution < -0.4 is 9.64 Å². The zero-order chi connectivity index (χ0) is 13.3. The average molecular weight is 249 g/mol. The van der Waals surface area contributed by atoms with Gasteiger partial charge in [0.05, 0.1) is 12.5 Å². The van der Waals surface area contributed by atoms with Gasteiger partial charge in [0.2, 0.25) is 5.91 Å². The molecule has 5 heteroatoms. The van der Waals surface area contributed by atoms with Gasteiger partial charge >= 0.3 is 5.97 Å². The van der Waals surface area contributed by atoms with Crippen molar-refractivity contribution in [3.8, 4) is 5.75 Å². The number of amides is 1. The molecule has 0 saturated carbocycles.